The highest BCUT2D eigenvalue weighted by molar-refractivity contribution is 5.20. The number of alkyl halides is 3. The van der Waals surface area contributed by atoms with Gasteiger partial charge in [-0.15, -0.1) is 0 Å². The standard InChI is InChI=1S/C15H25F3/c1-3-5-7-8-10-12-14(11-9-6-4-2)13-15(16,17)18/h10,12-13H,3-9,11H2,1-2H3/b12-10+,14-13+. The van der Waals surface area contributed by atoms with E-state index in [-0.39, 0.29) is 0 Å². The number of unbranched alkanes of at least 4 members (excludes halogenated alkanes) is 5. The van der Waals surface area contributed by atoms with E-state index in [0.29, 0.717) is 18.1 Å². The molecule has 0 rings (SSSR count). The average Bonchev–Trinajstić information content (AvgIpc) is 2.27. The van der Waals surface area contributed by atoms with Crippen molar-refractivity contribution in [3.05, 3.63) is 23.8 Å². The predicted molar refractivity (Wildman–Crippen MR) is 71.6 cm³/mol. The summed E-state index contributed by atoms with van der Waals surface area (Å²) in [7, 11) is 0. The van der Waals surface area contributed by atoms with Gasteiger partial charge in [0.05, 0.1) is 0 Å². The van der Waals surface area contributed by atoms with Gasteiger partial charge >= 0.3 is 6.18 Å². The van der Waals surface area contributed by atoms with E-state index in [9.17, 15) is 13.2 Å². The van der Waals surface area contributed by atoms with Crippen LogP contribution >= 0.6 is 0 Å². The fourth-order valence-electron chi connectivity index (χ4n) is 1.74. The molecule has 0 aliphatic heterocycles. The van der Waals surface area contributed by atoms with E-state index in [2.05, 4.69) is 6.92 Å². The molecule has 0 unspecified atom stereocenters. The first-order valence-electron chi connectivity index (χ1n) is 6.94. The van der Waals surface area contributed by atoms with E-state index < -0.39 is 6.18 Å². The van der Waals surface area contributed by atoms with Crippen LogP contribution in [0, 0.1) is 0 Å². The van der Waals surface area contributed by atoms with Crippen LogP contribution in [-0.4, -0.2) is 6.18 Å². The van der Waals surface area contributed by atoms with Crippen molar-refractivity contribution in [2.45, 2.75) is 71.4 Å². The Kier molecular flexibility index (Phi) is 9.80. The molecule has 0 atom stereocenters. The minimum Gasteiger partial charge on any atom is -0.167 e. The van der Waals surface area contributed by atoms with Crippen molar-refractivity contribution in [3.8, 4) is 0 Å². The second-order valence-corrected chi connectivity index (χ2v) is 4.62. The molecule has 0 nitrogen and oxygen atoms in total. The fraction of sp³-hybridized carbons (Fsp3) is 0.733. The molecule has 0 fully saturated rings. The highest BCUT2D eigenvalue weighted by Gasteiger charge is 2.23. The lowest BCUT2D eigenvalue weighted by Gasteiger charge is -2.05. The first-order chi connectivity index (χ1) is 8.49. The third kappa shape index (κ3) is 11.7. The van der Waals surface area contributed by atoms with Gasteiger partial charge in [-0.05, 0) is 31.3 Å². The molecule has 18 heavy (non-hydrogen) atoms. The third-order valence-electron chi connectivity index (χ3n) is 2.72. The van der Waals surface area contributed by atoms with Gasteiger partial charge in [-0.2, -0.15) is 13.2 Å². The van der Waals surface area contributed by atoms with Crippen LogP contribution in [0.4, 0.5) is 13.2 Å². The maximum Gasteiger partial charge on any atom is 0.410 e. The quantitative estimate of drug-likeness (QED) is 0.343. The Hall–Kier alpha value is -0.730. The lowest BCUT2D eigenvalue weighted by atomic mass is 10.1. The normalized spacial score (nSPS) is 13.5. The number of rotatable bonds is 9. The van der Waals surface area contributed by atoms with Gasteiger partial charge in [0.25, 0.3) is 0 Å². The van der Waals surface area contributed by atoms with E-state index in [1.807, 2.05) is 13.0 Å². The van der Waals surface area contributed by atoms with Crippen LogP contribution in [0.1, 0.15) is 65.2 Å². The molecule has 0 saturated carbocycles. The summed E-state index contributed by atoms with van der Waals surface area (Å²) in [5.74, 6) is 0. The summed E-state index contributed by atoms with van der Waals surface area (Å²) in [6.45, 7) is 4.16. The number of hydrogen-bond acceptors (Lipinski definition) is 0. The molecule has 0 aliphatic carbocycles. The molecule has 0 heterocycles. The van der Waals surface area contributed by atoms with Gasteiger partial charge < -0.3 is 0 Å². The van der Waals surface area contributed by atoms with Gasteiger partial charge in [-0.1, -0.05) is 51.7 Å². The van der Waals surface area contributed by atoms with Crippen molar-refractivity contribution < 1.29 is 13.2 Å². The van der Waals surface area contributed by atoms with Gasteiger partial charge in [0, 0.05) is 6.08 Å². The number of halogens is 3. The monoisotopic (exact) mass is 262 g/mol. The van der Waals surface area contributed by atoms with Crippen molar-refractivity contribution in [1.82, 2.24) is 0 Å². The zero-order valence-electron chi connectivity index (χ0n) is 11.5. The molecule has 0 saturated heterocycles. The summed E-state index contributed by atoms with van der Waals surface area (Å²) < 4.78 is 37.0. The van der Waals surface area contributed by atoms with Crippen LogP contribution in [0.3, 0.4) is 0 Å². The third-order valence-corrected chi connectivity index (χ3v) is 2.72. The summed E-state index contributed by atoms with van der Waals surface area (Å²) >= 11 is 0. The van der Waals surface area contributed by atoms with Gasteiger partial charge in [-0.25, -0.2) is 0 Å². The minimum absolute atomic E-state index is 0.410. The predicted octanol–water partition coefficient (Wildman–Crippen LogP) is 6.19. The molecule has 0 aromatic carbocycles. The molecule has 0 aromatic heterocycles. The van der Waals surface area contributed by atoms with Crippen molar-refractivity contribution in [2.24, 2.45) is 0 Å². The average molecular weight is 262 g/mol. The molecular formula is C15H25F3. The lowest BCUT2D eigenvalue weighted by molar-refractivity contribution is -0.0804. The van der Waals surface area contributed by atoms with Gasteiger partial charge in [0.15, 0.2) is 0 Å². The topological polar surface area (TPSA) is 0 Å². The van der Waals surface area contributed by atoms with Crippen molar-refractivity contribution >= 4 is 0 Å². The van der Waals surface area contributed by atoms with Crippen LogP contribution in [0.5, 0.6) is 0 Å². The fourth-order valence-corrected chi connectivity index (χ4v) is 1.74. The van der Waals surface area contributed by atoms with Crippen molar-refractivity contribution in [2.75, 3.05) is 0 Å². The Bertz CT molecular complexity index is 249. The summed E-state index contributed by atoms with van der Waals surface area (Å²) in [6.07, 6.45) is 7.34. The van der Waals surface area contributed by atoms with Gasteiger partial charge in [0.2, 0.25) is 0 Å². The Morgan fingerprint density at radius 2 is 1.56 bits per heavy atom. The number of allylic oxidation sites excluding steroid dienone is 4. The maximum atomic E-state index is 12.3. The van der Waals surface area contributed by atoms with Gasteiger partial charge in [0.1, 0.15) is 0 Å². The Morgan fingerprint density at radius 3 is 2.11 bits per heavy atom. The van der Waals surface area contributed by atoms with Crippen molar-refractivity contribution in [1.29, 1.82) is 0 Å². The highest BCUT2D eigenvalue weighted by Crippen LogP contribution is 2.22. The zero-order valence-corrected chi connectivity index (χ0v) is 11.5. The highest BCUT2D eigenvalue weighted by atomic mass is 19.4. The first-order valence-corrected chi connectivity index (χ1v) is 6.94. The van der Waals surface area contributed by atoms with Crippen LogP contribution < -0.4 is 0 Å². The summed E-state index contributed by atoms with van der Waals surface area (Å²) in [5, 5.41) is 0. The van der Waals surface area contributed by atoms with E-state index in [1.54, 1.807) is 6.08 Å². The van der Waals surface area contributed by atoms with E-state index >= 15 is 0 Å². The van der Waals surface area contributed by atoms with E-state index in [4.69, 9.17) is 0 Å². The summed E-state index contributed by atoms with van der Waals surface area (Å²) in [4.78, 5) is 0. The molecule has 0 aromatic rings. The largest absolute Gasteiger partial charge is 0.410 e. The molecular weight excluding hydrogens is 237 g/mol. The second-order valence-electron chi connectivity index (χ2n) is 4.62. The first kappa shape index (κ1) is 17.3. The maximum absolute atomic E-state index is 12.3. The zero-order chi connectivity index (χ0) is 13.9. The second kappa shape index (κ2) is 10.2. The molecule has 0 N–H and O–H groups in total. The smallest absolute Gasteiger partial charge is 0.167 e. The van der Waals surface area contributed by atoms with E-state index in [0.717, 1.165) is 44.9 Å². The number of hydrogen-bond donors (Lipinski definition) is 0. The Labute approximate surface area is 109 Å². The van der Waals surface area contributed by atoms with Gasteiger partial charge in [-0.3, -0.25) is 0 Å². The van der Waals surface area contributed by atoms with E-state index in [1.165, 1.54) is 0 Å². The SMILES string of the molecule is CCCCC/C=C/C(=C/C(F)(F)F)CCCCC. The van der Waals surface area contributed by atoms with Crippen LogP contribution in [0.15, 0.2) is 23.8 Å². The lowest BCUT2D eigenvalue weighted by Crippen LogP contribution is -2.03. The summed E-state index contributed by atoms with van der Waals surface area (Å²) in [6, 6.07) is 0. The molecule has 0 amide bonds. The molecule has 0 aliphatic rings. The molecule has 106 valence electrons. The van der Waals surface area contributed by atoms with Crippen LogP contribution in [-0.2, 0) is 0 Å². The Morgan fingerprint density at radius 1 is 0.944 bits per heavy atom. The molecule has 3 heteroatoms. The molecule has 0 bridgehead atoms. The Balaban J connectivity index is 4.25. The van der Waals surface area contributed by atoms with Crippen LogP contribution in [0.25, 0.3) is 0 Å². The van der Waals surface area contributed by atoms with Crippen molar-refractivity contribution in [3.63, 3.8) is 0 Å². The minimum atomic E-state index is -4.20. The van der Waals surface area contributed by atoms with Crippen LogP contribution in [0.2, 0.25) is 0 Å². The molecule has 0 spiro atoms. The summed E-state index contributed by atoms with van der Waals surface area (Å²) in [5.41, 5.74) is 0.410. The molecule has 0 radical (unpaired) electrons.